The first-order valence-corrected chi connectivity index (χ1v) is 16.7. The molecule has 0 bridgehead atoms. The third kappa shape index (κ3) is 7.44. The zero-order valence-electron chi connectivity index (χ0n) is 29.9. The van der Waals surface area contributed by atoms with Crippen molar-refractivity contribution in [2.75, 3.05) is 16.9 Å². The van der Waals surface area contributed by atoms with Gasteiger partial charge in [-0.1, -0.05) is 50.2 Å². The number of imide groups is 2. The number of amides is 4. The second-order valence-corrected chi connectivity index (χ2v) is 12.8. The van der Waals surface area contributed by atoms with Gasteiger partial charge in [-0.15, -0.1) is 0 Å². The maximum absolute atomic E-state index is 13.6. The van der Waals surface area contributed by atoms with Crippen molar-refractivity contribution in [1.82, 2.24) is 0 Å². The van der Waals surface area contributed by atoms with E-state index < -0.39 is 35.8 Å². The van der Waals surface area contributed by atoms with Gasteiger partial charge in [-0.05, 0) is 77.9 Å². The number of benzene rings is 5. The van der Waals surface area contributed by atoms with Crippen LogP contribution in [0.15, 0.2) is 115 Å². The van der Waals surface area contributed by atoms with Gasteiger partial charge in [-0.2, -0.15) is 0 Å². The highest BCUT2D eigenvalue weighted by atomic mass is 16.7. The number of nitrogens with zero attached hydrogens (tertiary/aromatic N) is 2. The van der Waals surface area contributed by atoms with Gasteiger partial charge in [0.1, 0.15) is 23.0 Å². The van der Waals surface area contributed by atoms with Gasteiger partial charge in [0.2, 0.25) is 5.91 Å². The zero-order valence-corrected chi connectivity index (χ0v) is 29.9. The normalized spacial score (nSPS) is 12.1. The summed E-state index contributed by atoms with van der Waals surface area (Å²) in [7, 11) is 1.61. The number of fused-ring (bicyclic) bond motifs is 1. The lowest BCUT2D eigenvalue weighted by atomic mass is 9.78. The van der Waals surface area contributed by atoms with E-state index in [1.54, 1.807) is 19.2 Å². The minimum absolute atomic E-state index is 0.00950. The van der Waals surface area contributed by atoms with Crippen LogP contribution in [0.1, 0.15) is 69.9 Å². The quantitative estimate of drug-likeness (QED) is 0.0647. The Labute approximate surface area is 310 Å². The minimum atomic E-state index is -1.03. The first-order chi connectivity index (χ1) is 25.8. The van der Waals surface area contributed by atoms with Crippen molar-refractivity contribution in [2.45, 2.75) is 33.1 Å². The second-order valence-electron chi connectivity index (χ2n) is 12.8. The van der Waals surface area contributed by atoms with Crippen molar-refractivity contribution >= 4 is 47.1 Å². The highest BCUT2D eigenvalue weighted by Gasteiger charge is 2.38. The molecule has 12 nitrogen and oxygen atoms in total. The number of carbonyl (C=O) groups excluding carboxylic acids is 6. The molecule has 1 aliphatic heterocycles. The SMILES string of the molecule is COc1ccc(C(C)(C)c2ccc(OC(=O)Oc3cccc(N4C(=O)c5ccc(C(=O)N(C(C)=O)c6cccc(OC(C)=O)c6)cc5C4=O)c3)cc2)cc1. The summed E-state index contributed by atoms with van der Waals surface area (Å²) < 4.78 is 21.1. The fourth-order valence-electron chi connectivity index (χ4n) is 6.04. The number of hydrogen-bond donors (Lipinski definition) is 0. The van der Waals surface area contributed by atoms with E-state index in [-0.39, 0.29) is 50.7 Å². The number of carbonyl (C=O) groups is 6. The molecular formula is C42H34N2O10. The lowest BCUT2D eigenvalue weighted by Gasteiger charge is -2.26. The first-order valence-electron chi connectivity index (χ1n) is 16.7. The minimum Gasteiger partial charge on any atom is -0.497 e. The highest BCUT2D eigenvalue weighted by molar-refractivity contribution is 6.35. The lowest BCUT2D eigenvalue weighted by molar-refractivity contribution is -0.131. The van der Waals surface area contributed by atoms with E-state index in [9.17, 15) is 28.8 Å². The Morgan fingerprint density at radius 3 is 1.80 bits per heavy atom. The zero-order chi connectivity index (χ0) is 38.7. The summed E-state index contributed by atoms with van der Waals surface area (Å²) >= 11 is 0. The molecule has 0 aromatic heterocycles. The molecule has 0 spiro atoms. The van der Waals surface area contributed by atoms with Crippen molar-refractivity contribution in [3.63, 3.8) is 0 Å². The van der Waals surface area contributed by atoms with Gasteiger partial charge in [-0.3, -0.25) is 24.0 Å². The molecule has 0 saturated carbocycles. The Morgan fingerprint density at radius 1 is 0.611 bits per heavy atom. The maximum atomic E-state index is 13.6. The molecule has 0 fully saturated rings. The largest absolute Gasteiger partial charge is 0.519 e. The summed E-state index contributed by atoms with van der Waals surface area (Å²) in [5, 5.41) is 0. The van der Waals surface area contributed by atoms with Crippen LogP contribution in [0.3, 0.4) is 0 Å². The van der Waals surface area contributed by atoms with Crippen molar-refractivity contribution in [3.05, 3.63) is 143 Å². The smallest absolute Gasteiger partial charge is 0.497 e. The molecule has 0 aliphatic carbocycles. The Bertz CT molecular complexity index is 2310. The molecule has 6 rings (SSSR count). The molecule has 12 heteroatoms. The van der Waals surface area contributed by atoms with E-state index in [0.29, 0.717) is 0 Å². The molecule has 0 radical (unpaired) electrons. The van der Waals surface area contributed by atoms with Gasteiger partial charge in [0.05, 0.1) is 29.6 Å². The van der Waals surface area contributed by atoms with Gasteiger partial charge in [0.15, 0.2) is 0 Å². The predicted molar refractivity (Wildman–Crippen MR) is 197 cm³/mol. The van der Waals surface area contributed by atoms with Crippen LogP contribution in [0.25, 0.3) is 0 Å². The number of esters is 1. The van der Waals surface area contributed by atoms with Crippen LogP contribution in [-0.4, -0.2) is 42.9 Å². The van der Waals surface area contributed by atoms with Gasteiger partial charge in [-0.25, -0.2) is 14.6 Å². The molecule has 0 N–H and O–H groups in total. The van der Waals surface area contributed by atoms with Gasteiger partial charge in [0, 0.05) is 37.0 Å². The molecule has 4 amide bonds. The van der Waals surface area contributed by atoms with Gasteiger partial charge >= 0.3 is 12.1 Å². The fourth-order valence-corrected chi connectivity index (χ4v) is 6.04. The van der Waals surface area contributed by atoms with E-state index in [1.807, 2.05) is 36.4 Å². The summed E-state index contributed by atoms with van der Waals surface area (Å²) in [6, 6.07) is 30.4. The van der Waals surface area contributed by atoms with Crippen LogP contribution >= 0.6 is 0 Å². The van der Waals surface area contributed by atoms with E-state index in [0.717, 1.165) is 26.7 Å². The molecule has 5 aromatic carbocycles. The van der Waals surface area contributed by atoms with Crippen molar-refractivity contribution in [1.29, 1.82) is 0 Å². The van der Waals surface area contributed by atoms with E-state index in [1.165, 1.54) is 80.6 Å². The van der Waals surface area contributed by atoms with Crippen molar-refractivity contribution in [2.24, 2.45) is 0 Å². The average molecular weight is 727 g/mol. The molecule has 272 valence electrons. The summed E-state index contributed by atoms with van der Waals surface area (Å²) in [6.45, 7) is 6.57. The summed E-state index contributed by atoms with van der Waals surface area (Å²) in [5.41, 5.74) is 1.89. The molecule has 54 heavy (non-hydrogen) atoms. The Morgan fingerprint density at radius 2 is 1.19 bits per heavy atom. The Balaban J connectivity index is 1.15. The van der Waals surface area contributed by atoms with E-state index in [4.69, 9.17) is 18.9 Å². The Kier molecular flexibility index (Phi) is 10.1. The number of ether oxygens (including phenoxy) is 4. The monoisotopic (exact) mass is 726 g/mol. The van der Waals surface area contributed by atoms with Crippen molar-refractivity contribution in [3.8, 4) is 23.0 Å². The van der Waals surface area contributed by atoms with Crippen LogP contribution in [0, 0.1) is 0 Å². The number of hydrogen-bond acceptors (Lipinski definition) is 10. The molecule has 0 saturated heterocycles. The van der Waals surface area contributed by atoms with Crippen LogP contribution in [0.2, 0.25) is 0 Å². The highest BCUT2D eigenvalue weighted by Crippen LogP contribution is 2.35. The van der Waals surface area contributed by atoms with Crippen molar-refractivity contribution < 1.29 is 47.7 Å². The summed E-state index contributed by atoms with van der Waals surface area (Å²) in [5.74, 6) is -2.23. The molecular weight excluding hydrogens is 692 g/mol. The first kappa shape index (κ1) is 36.7. The van der Waals surface area contributed by atoms with E-state index in [2.05, 4.69) is 13.8 Å². The molecule has 1 aliphatic rings. The van der Waals surface area contributed by atoms with Crippen LogP contribution in [-0.2, 0) is 15.0 Å². The maximum Gasteiger partial charge on any atom is 0.519 e. The number of anilines is 2. The fraction of sp³-hybridized carbons (Fsp3) is 0.143. The van der Waals surface area contributed by atoms with E-state index >= 15 is 0 Å². The average Bonchev–Trinajstić information content (AvgIpc) is 3.39. The summed E-state index contributed by atoms with van der Waals surface area (Å²) in [6.07, 6.45) is -1.03. The molecule has 5 aromatic rings. The molecule has 0 atom stereocenters. The predicted octanol–water partition coefficient (Wildman–Crippen LogP) is 7.52. The third-order valence-corrected chi connectivity index (χ3v) is 8.85. The topological polar surface area (TPSA) is 146 Å². The Hall–Kier alpha value is -7.08. The van der Waals surface area contributed by atoms with Gasteiger partial charge < -0.3 is 18.9 Å². The van der Waals surface area contributed by atoms with Gasteiger partial charge in [0.25, 0.3) is 17.7 Å². The third-order valence-electron chi connectivity index (χ3n) is 8.85. The van der Waals surface area contributed by atoms with Crippen LogP contribution in [0.4, 0.5) is 16.2 Å². The van der Waals surface area contributed by atoms with Crippen LogP contribution < -0.4 is 28.7 Å². The number of rotatable bonds is 9. The summed E-state index contributed by atoms with van der Waals surface area (Å²) in [4.78, 5) is 79.3. The number of methoxy groups -OCH3 is 1. The van der Waals surface area contributed by atoms with Crippen LogP contribution in [0.5, 0.6) is 23.0 Å². The second kappa shape index (κ2) is 14.9. The standard InChI is InChI=1S/C42H34N2O10/c1-25(45)43(30-8-6-10-34(23-30)52-26(2)46)38(47)27-12-21-36-37(22-27)40(49)44(39(36)48)31-9-7-11-35(24-31)54-41(50)53-33-19-15-29(16-20-33)42(3,4)28-13-17-32(51-5)18-14-28/h6-24H,1-5H3. The lowest BCUT2D eigenvalue weighted by Crippen LogP contribution is -2.35. The molecule has 1 heterocycles. The molecule has 0 unspecified atom stereocenters.